The Labute approximate surface area is 106 Å². The lowest BCUT2D eigenvalue weighted by molar-refractivity contribution is 0.127. The molecule has 96 valence electrons. The molecular formula is C14H17FN2O. The number of aliphatic hydroxyl groups excluding tert-OH is 1. The monoisotopic (exact) mass is 248 g/mol. The highest BCUT2D eigenvalue weighted by atomic mass is 19.1. The zero-order chi connectivity index (χ0) is 13.0. The lowest BCUT2D eigenvalue weighted by Gasteiger charge is -2.31. The van der Waals surface area contributed by atoms with Gasteiger partial charge < -0.3 is 5.11 Å². The molecule has 1 saturated heterocycles. The summed E-state index contributed by atoms with van der Waals surface area (Å²) < 4.78 is 13.2. The van der Waals surface area contributed by atoms with E-state index >= 15 is 0 Å². The van der Waals surface area contributed by atoms with Crippen LogP contribution in [0.2, 0.25) is 0 Å². The molecule has 0 aliphatic carbocycles. The van der Waals surface area contributed by atoms with Gasteiger partial charge in [0, 0.05) is 13.2 Å². The molecule has 1 N–H and O–H groups in total. The molecule has 0 radical (unpaired) electrons. The Morgan fingerprint density at radius 3 is 2.72 bits per heavy atom. The number of piperidine rings is 1. The molecule has 0 bridgehead atoms. The zero-order valence-corrected chi connectivity index (χ0v) is 10.3. The molecule has 1 aliphatic heterocycles. The highest BCUT2D eigenvalue weighted by Crippen LogP contribution is 2.19. The minimum Gasteiger partial charge on any atom is -0.396 e. The first-order valence-corrected chi connectivity index (χ1v) is 6.24. The zero-order valence-electron chi connectivity index (χ0n) is 10.3. The number of hydrogen-bond acceptors (Lipinski definition) is 3. The summed E-state index contributed by atoms with van der Waals surface area (Å²) in [6.45, 7) is 2.91. The number of nitrogens with zero attached hydrogens (tertiary/aromatic N) is 2. The van der Waals surface area contributed by atoms with Crippen LogP contribution in [-0.4, -0.2) is 29.7 Å². The average molecular weight is 248 g/mol. The highest BCUT2D eigenvalue weighted by molar-refractivity contribution is 5.34. The molecule has 0 unspecified atom stereocenters. The van der Waals surface area contributed by atoms with Crippen molar-refractivity contribution in [3.63, 3.8) is 0 Å². The number of likely N-dealkylation sites (tertiary alicyclic amines) is 1. The van der Waals surface area contributed by atoms with Crippen molar-refractivity contribution in [2.24, 2.45) is 5.92 Å². The summed E-state index contributed by atoms with van der Waals surface area (Å²) >= 11 is 0. The maximum atomic E-state index is 13.2. The van der Waals surface area contributed by atoms with Crippen molar-refractivity contribution in [1.82, 2.24) is 4.90 Å². The topological polar surface area (TPSA) is 47.3 Å². The van der Waals surface area contributed by atoms with Crippen molar-refractivity contribution in [1.29, 1.82) is 5.26 Å². The predicted octanol–water partition coefficient (Wildman–Crippen LogP) is 1.90. The average Bonchev–Trinajstić information content (AvgIpc) is 2.42. The first-order chi connectivity index (χ1) is 8.72. The van der Waals surface area contributed by atoms with Gasteiger partial charge in [0.15, 0.2) is 0 Å². The minimum atomic E-state index is -0.458. The van der Waals surface area contributed by atoms with Crippen LogP contribution in [-0.2, 0) is 6.54 Å². The van der Waals surface area contributed by atoms with Gasteiger partial charge >= 0.3 is 0 Å². The van der Waals surface area contributed by atoms with Crippen molar-refractivity contribution < 1.29 is 9.50 Å². The third-order valence-corrected chi connectivity index (χ3v) is 3.52. The van der Waals surface area contributed by atoms with Crippen molar-refractivity contribution in [2.45, 2.75) is 19.4 Å². The molecule has 0 aromatic heterocycles. The molecule has 0 atom stereocenters. The van der Waals surface area contributed by atoms with Crippen LogP contribution in [0.5, 0.6) is 0 Å². The van der Waals surface area contributed by atoms with E-state index in [4.69, 9.17) is 10.4 Å². The SMILES string of the molecule is N#Cc1cc(CN2CCC(CO)CC2)ccc1F. The van der Waals surface area contributed by atoms with E-state index in [1.807, 2.05) is 6.07 Å². The van der Waals surface area contributed by atoms with Crippen LogP contribution in [0.25, 0.3) is 0 Å². The van der Waals surface area contributed by atoms with Crippen molar-refractivity contribution in [3.8, 4) is 6.07 Å². The first kappa shape index (κ1) is 13.0. The van der Waals surface area contributed by atoms with Gasteiger partial charge in [-0.25, -0.2) is 4.39 Å². The molecule has 1 fully saturated rings. The highest BCUT2D eigenvalue weighted by Gasteiger charge is 2.18. The first-order valence-electron chi connectivity index (χ1n) is 6.24. The van der Waals surface area contributed by atoms with Gasteiger partial charge in [-0.05, 0) is 49.5 Å². The Kier molecular flexibility index (Phi) is 4.29. The van der Waals surface area contributed by atoms with Crippen molar-refractivity contribution in [3.05, 3.63) is 35.1 Å². The summed E-state index contributed by atoms with van der Waals surface area (Å²) in [5, 5.41) is 17.9. The van der Waals surface area contributed by atoms with Gasteiger partial charge in [0.2, 0.25) is 0 Å². The lowest BCUT2D eigenvalue weighted by atomic mass is 9.97. The van der Waals surface area contributed by atoms with Gasteiger partial charge in [-0.1, -0.05) is 6.07 Å². The van der Waals surface area contributed by atoms with Crippen LogP contribution < -0.4 is 0 Å². The van der Waals surface area contributed by atoms with E-state index in [1.54, 1.807) is 12.1 Å². The number of rotatable bonds is 3. The number of benzene rings is 1. The second-order valence-corrected chi connectivity index (χ2v) is 4.83. The van der Waals surface area contributed by atoms with Gasteiger partial charge in [0.1, 0.15) is 11.9 Å². The molecule has 18 heavy (non-hydrogen) atoms. The molecule has 1 heterocycles. The second kappa shape index (κ2) is 5.94. The lowest BCUT2D eigenvalue weighted by Crippen LogP contribution is -2.34. The number of aliphatic hydroxyl groups is 1. The Bertz CT molecular complexity index is 448. The molecule has 1 aromatic carbocycles. The third kappa shape index (κ3) is 3.06. The summed E-state index contributed by atoms with van der Waals surface area (Å²) in [5.74, 6) is -0.0376. The Morgan fingerprint density at radius 1 is 1.39 bits per heavy atom. The second-order valence-electron chi connectivity index (χ2n) is 4.83. The van der Waals surface area contributed by atoms with Crippen LogP contribution in [0.1, 0.15) is 24.0 Å². The molecule has 3 nitrogen and oxygen atoms in total. The Balaban J connectivity index is 1.96. The quantitative estimate of drug-likeness (QED) is 0.888. The summed E-state index contributed by atoms with van der Waals surface area (Å²) in [7, 11) is 0. The normalized spacial score (nSPS) is 17.6. The van der Waals surface area contributed by atoms with Gasteiger partial charge in [0.05, 0.1) is 5.56 Å². The van der Waals surface area contributed by atoms with Crippen LogP contribution in [0.4, 0.5) is 4.39 Å². The van der Waals surface area contributed by atoms with Crippen molar-refractivity contribution in [2.75, 3.05) is 19.7 Å². The van der Waals surface area contributed by atoms with Crippen LogP contribution in [0.15, 0.2) is 18.2 Å². The van der Waals surface area contributed by atoms with E-state index in [-0.39, 0.29) is 12.2 Å². The predicted molar refractivity (Wildman–Crippen MR) is 66.2 cm³/mol. The summed E-state index contributed by atoms with van der Waals surface area (Å²) in [4.78, 5) is 2.28. The number of halogens is 1. The molecule has 1 aliphatic rings. The summed E-state index contributed by atoms with van der Waals surface area (Å²) in [6, 6.07) is 6.57. The fourth-order valence-electron chi connectivity index (χ4n) is 2.34. The summed E-state index contributed by atoms with van der Waals surface area (Å²) in [5.41, 5.74) is 1.08. The van der Waals surface area contributed by atoms with Crippen LogP contribution in [0, 0.1) is 23.1 Å². The van der Waals surface area contributed by atoms with E-state index in [1.165, 1.54) is 6.07 Å². The van der Waals surface area contributed by atoms with E-state index in [9.17, 15) is 4.39 Å². The third-order valence-electron chi connectivity index (χ3n) is 3.52. The smallest absolute Gasteiger partial charge is 0.140 e. The minimum absolute atomic E-state index is 0.109. The van der Waals surface area contributed by atoms with E-state index in [0.717, 1.165) is 38.0 Å². The number of nitriles is 1. The molecule has 4 heteroatoms. The summed E-state index contributed by atoms with van der Waals surface area (Å²) in [6.07, 6.45) is 2.01. The van der Waals surface area contributed by atoms with Crippen LogP contribution in [0.3, 0.4) is 0 Å². The maximum absolute atomic E-state index is 13.2. The molecule has 0 spiro atoms. The molecular weight excluding hydrogens is 231 g/mol. The molecule has 0 saturated carbocycles. The van der Waals surface area contributed by atoms with E-state index in [2.05, 4.69) is 4.90 Å². The molecule has 1 aromatic rings. The van der Waals surface area contributed by atoms with Gasteiger partial charge in [-0.2, -0.15) is 5.26 Å². The van der Waals surface area contributed by atoms with E-state index in [0.29, 0.717) is 5.92 Å². The van der Waals surface area contributed by atoms with E-state index < -0.39 is 5.82 Å². The maximum Gasteiger partial charge on any atom is 0.140 e. The fraction of sp³-hybridized carbons (Fsp3) is 0.500. The van der Waals surface area contributed by atoms with Crippen molar-refractivity contribution >= 4 is 0 Å². The standard InChI is InChI=1S/C14H17FN2O/c15-14-2-1-12(7-13(14)8-16)9-17-5-3-11(10-18)4-6-17/h1-2,7,11,18H,3-6,9-10H2. The molecule has 0 amide bonds. The van der Waals surface area contributed by atoms with Gasteiger partial charge in [0.25, 0.3) is 0 Å². The Morgan fingerprint density at radius 2 is 2.11 bits per heavy atom. The largest absolute Gasteiger partial charge is 0.396 e. The van der Waals surface area contributed by atoms with Crippen LogP contribution >= 0.6 is 0 Å². The number of hydrogen-bond donors (Lipinski definition) is 1. The van der Waals surface area contributed by atoms with Gasteiger partial charge in [-0.15, -0.1) is 0 Å². The Hall–Kier alpha value is -1.44. The molecule has 2 rings (SSSR count). The fourth-order valence-corrected chi connectivity index (χ4v) is 2.34. The van der Waals surface area contributed by atoms with Gasteiger partial charge in [-0.3, -0.25) is 4.90 Å².